The molecular formula is C11H22N2O2. The predicted molar refractivity (Wildman–Crippen MR) is 59.5 cm³/mol. The Bertz CT molecular complexity index is 189. The third kappa shape index (κ3) is 4.18. The van der Waals surface area contributed by atoms with Crippen molar-refractivity contribution in [2.75, 3.05) is 32.8 Å². The molecule has 1 aliphatic heterocycles. The molecule has 4 heteroatoms. The van der Waals surface area contributed by atoms with Gasteiger partial charge in [-0.3, -0.25) is 4.79 Å². The van der Waals surface area contributed by atoms with Gasteiger partial charge in [-0.2, -0.15) is 0 Å². The van der Waals surface area contributed by atoms with E-state index < -0.39 is 0 Å². The number of nitrogens with zero attached hydrogens (tertiary/aromatic N) is 1. The lowest BCUT2D eigenvalue weighted by Crippen LogP contribution is -2.37. The maximum Gasteiger partial charge on any atom is 0.309 e. The Kier molecular flexibility index (Phi) is 5.65. The molecule has 1 heterocycles. The second-order valence-corrected chi connectivity index (χ2v) is 4.01. The van der Waals surface area contributed by atoms with Crippen molar-refractivity contribution in [3.8, 4) is 0 Å². The van der Waals surface area contributed by atoms with Gasteiger partial charge in [-0.15, -0.1) is 0 Å². The Morgan fingerprint density at radius 2 is 2.13 bits per heavy atom. The van der Waals surface area contributed by atoms with Crippen molar-refractivity contribution in [2.24, 2.45) is 11.7 Å². The molecular weight excluding hydrogens is 192 g/mol. The van der Waals surface area contributed by atoms with Gasteiger partial charge in [0, 0.05) is 0 Å². The van der Waals surface area contributed by atoms with Crippen molar-refractivity contribution in [3.63, 3.8) is 0 Å². The van der Waals surface area contributed by atoms with Crippen molar-refractivity contribution < 1.29 is 9.53 Å². The van der Waals surface area contributed by atoms with E-state index in [1.807, 2.05) is 6.92 Å². The molecule has 0 unspecified atom stereocenters. The van der Waals surface area contributed by atoms with Crippen molar-refractivity contribution in [3.05, 3.63) is 0 Å². The van der Waals surface area contributed by atoms with Gasteiger partial charge in [0.15, 0.2) is 0 Å². The van der Waals surface area contributed by atoms with E-state index >= 15 is 0 Å². The van der Waals surface area contributed by atoms with Crippen LogP contribution in [0.25, 0.3) is 0 Å². The molecule has 1 aliphatic rings. The molecule has 15 heavy (non-hydrogen) atoms. The molecule has 4 nitrogen and oxygen atoms in total. The number of esters is 1. The number of hydrogen-bond donors (Lipinski definition) is 1. The monoisotopic (exact) mass is 214 g/mol. The van der Waals surface area contributed by atoms with Crippen molar-refractivity contribution >= 4 is 5.97 Å². The predicted octanol–water partition coefficient (Wildman–Crippen LogP) is 0.610. The van der Waals surface area contributed by atoms with Gasteiger partial charge < -0.3 is 15.4 Å². The summed E-state index contributed by atoms with van der Waals surface area (Å²) in [5.74, 6) is 0.107. The first-order valence-corrected chi connectivity index (χ1v) is 5.87. The summed E-state index contributed by atoms with van der Waals surface area (Å²) in [5.41, 5.74) is 5.46. The van der Waals surface area contributed by atoms with Crippen LogP contribution in [0.4, 0.5) is 0 Å². The number of rotatable bonds is 5. The van der Waals surface area contributed by atoms with E-state index in [1.54, 1.807) is 0 Å². The molecule has 0 bridgehead atoms. The fourth-order valence-corrected chi connectivity index (χ4v) is 1.97. The summed E-state index contributed by atoms with van der Waals surface area (Å²) in [6, 6.07) is 0. The van der Waals surface area contributed by atoms with E-state index in [0.29, 0.717) is 6.61 Å². The number of carbonyl (C=O) groups is 1. The van der Waals surface area contributed by atoms with Crippen LogP contribution in [-0.2, 0) is 9.53 Å². The van der Waals surface area contributed by atoms with Crippen LogP contribution in [0.3, 0.4) is 0 Å². The number of hydrogen-bond acceptors (Lipinski definition) is 4. The Hall–Kier alpha value is -0.610. The molecule has 88 valence electrons. The average molecular weight is 214 g/mol. The standard InChI is InChI=1S/C11H22N2O2/c1-2-15-11(14)10-4-8-13(9-5-10)7-3-6-12/h10H,2-9,12H2,1H3. The Morgan fingerprint density at radius 3 is 2.67 bits per heavy atom. The molecule has 0 aliphatic carbocycles. The fraction of sp³-hybridized carbons (Fsp3) is 0.909. The number of nitrogens with two attached hydrogens (primary N) is 1. The highest BCUT2D eigenvalue weighted by Crippen LogP contribution is 2.18. The van der Waals surface area contributed by atoms with Gasteiger partial charge in [0.1, 0.15) is 0 Å². The normalized spacial score (nSPS) is 19.1. The zero-order chi connectivity index (χ0) is 11.1. The van der Waals surface area contributed by atoms with Gasteiger partial charge in [-0.1, -0.05) is 0 Å². The first kappa shape index (κ1) is 12.5. The molecule has 0 aromatic carbocycles. The first-order chi connectivity index (χ1) is 7.27. The van der Waals surface area contributed by atoms with E-state index in [4.69, 9.17) is 10.5 Å². The summed E-state index contributed by atoms with van der Waals surface area (Å²) in [5, 5.41) is 0. The van der Waals surface area contributed by atoms with Gasteiger partial charge in [0.2, 0.25) is 0 Å². The van der Waals surface area contributed by atoms with Crippen LogP contribution in [0.5, 0.6) is 0 Å². The number of piperidine rings is 1. The summed E-state index contributed by atoms with van der Waals surface area (Å²) in [6.07, 6.45) is 2.91. The smallest absolute Gasteiger partial charge is 0.309 e. The maximum absolute atomic E-state index is 11.5. The summed E-state index contributed by atoms with van der Waals surface area (Å²) in [7, 11) is 0. The van der Waals surface area contributed by atoms with Crippen LogP contribution < -0.4 is 5.73 Å². The maximum atomic E-state index is 11.5. The van der Waals surface area contributed by atoms with Crippen LogP contribution >= 0.6 is 0 Å². The molecule has 1 fully saturated rings. The van der Waals surface area contributed by atoms with Gasteiger partial charge in [0.25, 0.3) is 0 Å². The second-order valence-electron chi connectivity index (χ2n) is 4.01. The van der Waals surface area contributed by atoms with Crippen LogP contribution in [-0.4, -0.2) is 43.7 Å². The zero-order valence-corrected chi connectivity index (χ0v) is 9.58. The Labute approximate surface area is 91.8 Å². The summed E-state index contributed by atoms with van der Waals surface area (Å²) >= 11 is 0. The molecule has 0 saturated carbocycles. The van der Waals surface area contributed by atoms with Crippen LogP contribution in [0.15, 0.2) is 0 Å². The molecule has 0 spiro atoms. The van der Waals surface area contributed by atoms with Gasteiger partial charge in [-0.25, -0.2) is 0 Å². The summed E-state index contributed by atoms with van der Waals surface area (Å²) < 4.78 is 5.02. The van der Waals surface area contributed by atoms with Crippen LogP contribution in [0, 0.1) is 5.92 Å². The van der Waals surface area contributed by atoms with Crippen LogP contribution in [0.1, 0.15) is 26.2 Å². The molecule has 0 radical (unpaired) electrons. The number of likely N-dealkylation sites (tertiary alicyclic amines) is 1. The van der Waals surface area contributed by atoms with E-state index in [-0.39, 0.29) is 11.9 Å². The molecule has 2 N–H and O–H groups in total. The van der Waals surface area contributed by atoms with E-state index in [9.17, 15) is 4.79 Å². The van der Waals surface area contributed by atoms with Crippen molar-refractivity contribution in [2.45, 2.75) is 26.2 Å². The number of carbonyl (C=O) groups excluding carboxylic acids is 1. The highest BCUT2D eigenvalue weighted by molar-refractivity contribution is 5.72. The van der Waals surface area contributed by atoms with E-state index in [2.05, 4.69) is 4.90 Å². The number of ether oxygens (including phenoxy) is 1. The molecule has 0 aromatic heterocycles. The fourth-order valence-electron chi connectivity index (χ4n) is 1.97. The van der Waals surface area contributed by atoms with E-state index in [0.717, 1.165) is 45.4 Å². The molecule has 0 amide bonds. The summed E-state index contributed by atoms with van der Waals surface area (Å²) in [6.45, 7) is 6.16. The van der Waals surface area contributed by atoms with Crippen LogP contribution in [0.2, 0.25) is 0 Å². The van der Waals surface area contributed by atoms with E-state index in [1.165, 1.54) is 0 Å². The minimum Gasteiger partial charge on any atom is -0.466 e. The highest BCUT2D eigenvalue weighted by atomic mass is 16.5. The third-order valence-corrected chi connectivity index (χ3v) is 2.89. The van der Waals surface area contributed by atoms with Crippen molar-refractivity contribution in [1.29, 1.82) is 0 Å². The minimum atomic E-state index is -0.0176. The lowest BCUT2D eigenvalue weighted by atomic mass is 9.97. The van der Waals surface area contributed by atoms with Crippen molar-refractivity contribution in [1.82, 2.24) is 4.90 Å². The molecule has 0 atom stereocenters. The van der Waals surface area contributed by atoms with Gasteiger partial charge in [0.05, 0.1) is 12.5 Å². The SMILES string of the molecule is CCOC(=O)C1CCN(CCCN)CC1. The zero-order valence-electron chi connectivity index (χ0n) is 9.58. The Morgan fingerprint density at radius 1 is 1.47 bits per heavy atom. The molecule has 1 saturated heterocycles. The molecule has 1 rings (SSSR count). The largest absolute Gasteiger partial charge is 0.466 e. The molecule has 0 aromatic rings. The quantitative estimate of drug-likeness (QED) is 0.681. The second kappa shape index (κ2) is 6.80. The highest BCUT2D eigenvalue weighted by Gasteiger charge is 2.25. The van der Waals surface area contributed by atoms with Gasteiger partial charge >= 0.3 is 5.97 Å². The topological polar surface area (TPSA) is 55.6 Å². The lowest BCUT2D eigenvalue weighted by molar-refractivity contribution is -0.149. The average Bonchev–Trinajstić information content (AvgIpc) is 2.27. The Balaban J connectivity index is 2.20. The minimum absolute atomic E-state index is 0.0176. The summed E-state index contributed by atoms with van der Waals surface area (Å²) in [4.78, 5) is 13.8. The third-order valence-electron chi connectivity index (χ3n) is 2.89. The lowest BCUT2D eigenvalue weighted by Gasteiger charge is -2.30. The van der Waals surface area contributed by atoms with Gasteiger partial charge in [-0.05, 0) is 52.4 Å². The first-order valence-electron chi connectivity index (χ1n) is 5.87.